The molecule has 4 nitrogen and oxygen atoms in total. The van der Waals surface area contributed by atoms with Gasteiger partial charge in [0.05, 0.1) is 25.3 Å². The summed E-state index contributed by atoms with van der Waals surface area (Å²) < 4.78 is 24.6. The number of aliphatic hydroxyl groups is 1. The van der Waals surface area contributed by atoms with Crippen LogP contribution in [-0.4, -0.2) is 25.4 Å². The van der Waals surface area contributed by atoms with Crippen molar-refractivity contribution >= 4 is 11.6 Å². The number of halogens is 2. The van der Waals surface area contributed by atoms with Crippen LogP contribution in [0.25, 0.3) is 0 Å². The smallest absolute Gasteiger partial charge is 0.180 e. The lowest BCUT2D eigenvalue weighted by molar-refractivity contribution is -0.671. The van der Waals surface area contributed by atoms with Crippen LogP contribution >= 0.6 is 11.6 Å². The maximum absolute atomic E-state index is 13.6. The van der Waals surface area contributed by atoms with Gasteiger partial charge in [-0.25, -0.2) is 4.39 Å². The summed E-state index contributed by atoms with van der Waals surface area (Å²) in [4.78, 5) is 0. The van der Waals surface area contributed by atoms with Crippen LogP contribution in [0.2, 0.25) is 5.02 Å². The third-order valence-electron chi connectivity index (χ3n) is 3.33. The van der Waals surface area contributed by atoms with Crippen molar-refractivity contribution in [2.24, 2.45) is 0 Å². The fraction of sp³-hybridized carbons (Fsp3) is 0.294. The van der Waals surface area contributed by atoms with Crippen molar-refractivity contribution in [1.82, 2.24) is 0 Å². The summed E-state index contributed by atoms with van der Waals surface area (Å²) >= 11 is 6.27. The predicted molar refractivity (Wildman–Crippen MR) is 86.3 cm³/mol. The Labute approximate surface area is 139 Å². The Morgan fingerprint density at radius 2 is 2.04 bits per heavy atom. The minimum atomic E-state index is -0.321. The third-order valence-corrected chi connectivity index (χ3v) is 3.61. The van der Waals surface area contributed by atoms with Gasteiger partial charge in [-0.2, -0.15) is 0 Å². The molecule has 0 atom stereocenters. The molecule has 0 aliphatic carbocycles. The summed E-state index contributed by atoms with van der Waals surface area (Å²) in [6.07, 6.45) is 0. The monoisotopic (exact) mass is 340 g/mol. The van der Waals surface area contributed by atoms with E-state index in [-0.39, 0.29) is 19.0 Å². The zero-order valence-electron chi connectivity index (χ0n) is 12.9. The second-order valence-corrected chi connectivity index (χ2v) is 5.40. The van der Waals surface area contributed by atoms with Crippen molar-refractivity contribution in [2.75, 3.05) is 20.3 Å². The summed E-state index contributed by atoms with van der Waals surface area (Å²) in [6, 6.07) is 10.0. The highest BCUT2D eigenvalue weighted by molar-refractivity contribution is 6.32. The van der Waals surface area contributed by atoms with E-state index in [2.05, 4.69) is 0 Å². The molecule has 0 saturated carbocycles. The first-order valence-electron chi connectivity index (χ1n) is 7.31. The first-order chi connectivity index (χ1) is 11.2. The molecule has 2 aromatic rings. The number of aliphatic hydroxyl groups excluding tert-OH is 1. The number of benzene rings is 2. The number of hydrogen-bond acceptors (Lipinski definition) is 3. The molecule has 0 heterocycles. The lowest BCUT2D eigenvalue weighted by Gasteiger charge is -2.14. The maximum atomic E-state index is 13.6. The minimum Gasteiger partial charge on any atom is -0.493 e. The molecular weight excluding hydrogens is 321 g/mol. The van der Waals surface area contributed by atoms with Gasteiger partial charge >= 0.3 is 0 Å². The fourth-order valence-corrected chi connectivity index (χ4v) is 2.44. The molecule has 2 aromatic carbocycles. The minimum absolute atomic E-state index is 0.0682. The van der Waals surface area contributed by atoms with Crippen LogP contribution in [0.15, 0.2) is 36.4 Å². The van der Waals surface area contributed by atoms with Crippen molar-refractivity contribution in [3.8, 4) is 11.5 Å². The second-order valence-electron chi connectivity index (χ2n) is 4.99. The van der Waals surface area contributed by atoms with E-state index in [0.717, 1.165) is 5.56 Å². The van der Waals surface area contributed by atoms with Gasteiger partial charge in [0, 0.05) is 11.1 Å². The van der Waals surface area contributed by atoms with Crippen LogP contribution in [0.1, 0.15) is 11.1 Å². The first kappa shape index (κ1) is 17.5. The predicted octanol–water partition coefficient (Wildman–Crippen LogP) is 2.12. The molecule has 0 saturated heterocycles. The Morgan fingerprint density at radius 1 is 1.26 bits per heavy atom. The topological polar surface area (TPSA) is 55.3 Å². The second kappa shape index (κ2) is 8.72. The van der Waals surface area contributed by atoms with Crippen LogP contribution in [0.5, 0.6) is 11.5 Å². The molecule has 124 valence electrons. The number of quaternary nitrogens is 1. The zero-order chi connectivity index (χ0) is 16.7. The summed E-state index contributed by atoms with van der Waals surface area (Å²) in [6.45, 7) is 1.48. The van der Waals surface area contributed by atoms with Crippen LogP contribution in [0.3, 0.4) is 0 Å². The standard InChI is InChI=1S/C17H19ClFNO3/c1-22-16-9-12(10-20-6-7-21)8-14(18)17(16)23-11-13-4-2-3-5-15(13)19/h2-5,8-9,20-21H,6-7,10-11H2,1H3/p+1. The van der Waals surface area contributed by atoms with Gasteiger partial charge in [-0.15, -0.1) is 0 Å². The molecule has 0 unspecified atom stereocenters. The van der Waals surface area contributed by atoms with Crippen molar-refractivity contribution in [3.05, 3.63) is 58.4 Å². The van der Waals surface area contributed by atoms with E-state index in [4.69, 9.17) is 26.2 Å². The SMILES string of the molecule is COc1cc(C[NH2+]CCO)cc(Cl)c1OCc1ccccc1F. The molecule has 0 bridgehead atoms. The van der Waals surface area contributed by atoms with Crippen molar-refractivity contribution in [2.45, 2.75) is 13.2 Å². The molecule has 0 spiro atoms. The van der Waals surface area contributed by atoms with Gasteiger partial charge in [0.1, 0.15) is 19.0 Å². The molecule has 0 amide bonds. The van der Waals surface area contributed by atoms with Crippen molar-refractivity contribution in [3.63, 3.8) is 0 Å². The molecule has 0 aromatic heterocycles. The van der Waals surface area contributed by atoms with Gasteiger partial charge < -0.3 is 19.9 Å². The van der Waals surface area contributed by atoms with E-state index in [1.165, 1.54) is 13.2 Å². The van der Waals surface area contributed by atoms with Gasteiger partial charge in [-0.3, -0.25) is 0 Å². The van der Waals surface area contributed by atoms with Crippen LogP contribution in [0, 0.1) is 5.82 Å². The third kappa shape index (κ3) is 4.82. The lowest BCUT2D eigenvalue weighted by Crippen LogP contribution is -2.83. The lowest BCUT2D eigenvalue weighted by atomic mass is 10.2. The normalized spacial score (nSPS) is 10.6. The molecular formula is C17H20ClFNO3+. The number of methoxy groups -OCH3 is 1. The molecule has 0 fully saturated rings. The average Bonchev–Trinajstić information content (AvgIpc) is 2.55. The van der Waals surface area contributed by atoms with Gasteiger partial charge in [0.15, 0.2) is 11.5 Å². The number of nitrogens with two attached hydrogens (primary N) is 1. The highest BCUT2D eigenvalue weighted by atomic mass is 35.5. The number of hydrogen-bond donors (Lipinski definition) is 2. The molecule has 23 heavy (non-hydrogen) atoms. The van der Waals surface area contributed by atoms with Crippen molar-refractivity contribution in [1.29, 1.82) is 0 Å². The van der Waals surface area contributed by atoms with Crippen LogP contribution < -0.4 is 14.8 Å². The molecule has 6 heteroatoms. The molecule has 0 aliphatic rings. The molecule has 0 aliphatic heterocycles. The Kier molecular flexibility index (Phi) is 6.65. The first-order valence-corrected chi connectivity index (χ1v) is 7.68. The van der Waals surface area contributed by atoms with E-state index in [1.807, 2.05) is 11.4 Å². The van der Waals surface area contributed by atoms with Gasteiger partial charge in [-0.1, -0.05) is 29.8 Å². The summed E-state index contributed by atoms with van der Waals surface area (Å²) in [7, 11) is 1.53. The highest BCUT2D eigenvalue weighted by Crippen LogP contribution is 2.36. The largest absolute Gasteiger partial charge is 0.493 e. The van der Waals surface area contributed by atoms with E-state index < -0.39 is 0 Å². The van der Waals surface area contributed by atoms with Gasteiger partial charge in [0.2, 0.25) is 0 Å². The Bertz CT molecular complexity index is 652. The molecule has 0 radical (unpaired) electrons. The van der Waals surface area contributed by atoms with E-state index in [9.17, 15) is 4.39 Å². The van der Waals surface area contributed by atoms with Crippen LogP contribution in [-0.2, 0) is 13.2 Å². The highest BCUT2D eigenvalue weighted by Gasteiger charge is 2.14. The quantitative estimate of drug-likeness (QED) is 0.724. The average molecular weight is 341 g/mol. The van der Waals surface area contributed by atoms with Gasteiger partial charge in [-0.05, 0) is 18.2 Å². The van der Waals surface area contributed by atoms with E-state index >= 15 is 0 Å². The Morgan fingerprint density at radius 3 is 2.74 bits per heavy atom. The van der Waals surface area contributed by atoms with Crippen molar-refractivity contribution < 1.29 is 24.3 Å². The van der Waals surface area contributed by atoms with E-state index in [0.29, 0.717) is 35.2 Å². The van der Waals surface area contributed by atoms with Crippen LogP contribution in [0.4, 0.5) is 4.39 Å². The Balaban J connectivity index is 2.13. The Hall–Kier alpha value is -1.82. The molecule has 3 N–H and O–H groups in total. The fourth-order valence-electron chi connectivity index (χ4n) is 2.16. The summed E-state index contributed by atoms with van der Waals surface area (Å²) in [5.41, 5.74) is 1.41. The maximum Gasteiger partial charge on any atom is 0.180 e. The van der Waals surface area contributed by atoms with Gasteiger partial charge in [0.25, 0.3) is 0 Å². The molecule has 2 rings (SSSR count). The zero-order valence-corrected chi connectivity index (χ0v) is 13.6. The summed E-state index contributed by atoms with van der Waals surface area (Å²) in [5, 5.41) is 11.2. The number of rotatable bonds is 8. The summed E-state index contributed by atoms with van der Waals surface area (Å²) in [5.74, 6) is 0.572. The van der Waals surface area contributed by atoms with E-state index in [1.54, 1.807) is 24.3 Å². The number of ether oxygens (including phenoxy) is 2.